The van der Waals surface area contributed by atoms with Crippen LogP contribution in [0.15, 0.2) is 97.3 Å². The normalized spacial score (nSPS) is 10.5. The van der Waals surface area contributed by atoms with Crippen LogP contribution in [0.1, 0.15) is 11.7 Å². The lowest BCUT2D eigenvalue weighted by Crippen LogP contribution is -2.02. The number of fused-ring (bicyclic) bond motifs is 1. The standard InChI is InChI=1S/C24H19N3O/c1-18(28)27-16-9-8-14-21-22(15-17-27)24(20-12-6-3-7-13-20)26-25-23(21)19-10-4-2-5-11-19/h2-17H,1H3. The summed E-state index contributed by atoms with van der Waals surface area (Å²) in [5, 5.41) is 11.0. The Balaban J connectivity index is 2.11. The van der Waals surface area contributed by atoms with Gasteiger partial charge in [-0.3, -0.25) is 9.36 Å². The minimum atomic E-state index is -0.0593. The van der Waals surface area contributed by atoms with Gasteiger partial charge in [-0.1, -0.05) is 72.8 Å². The monoisotopic (exact) mass is 365 g/mol. The molecule has 0 saturated heterocycles. The molecule has 0 aliphatic heterocycles. The smallest absolute Gasteiger partial charge is 0.227 e. The van der Waals surface area contributed by atoms with Gasteiger partial charge in [0.1, 0.15) is 11.4 Å². The summed E-state index contributed by atoms with van der Waals surface area (Å²) in [6.45, 7) is 1.54. The maximum atomic E-state index is 11.9. The van der Waals surface area contributed by atoms with Crippen molar-refractivity contribution in [1.82, 2.24) is 14.8 Å². The van der Waals surface area contributed by atoms with Gasteiger partial charge in [0.15, 0.2) is 0 Å². The van der Waals surface area contributed by atoms with E-state index in [1.54, 1.807) is 17.0 Å². The van der Waals surface area contributed by atoms with E-state index in [2.05, 4.69) is 10.2 Å². The zero-order valence-corrected chi connectivity index (χ0v) is 15.5. The highest BCUT2D eigenvalue weighted by Gasteiger charge is 2.11. The van der Waals surface area contributed by atoms with E-state index < -0.39 is 0 Å². The van der Waals surface area contributed by atoms with Crippen molar-refractivity contribution < 1.29 is 4.79 Å². The summed E-state index contributed by atoms with van der Waals surface area (Å²) in [7, 11) is 0. The first-order chi connectivity index (χ1) is 13.7. The Kier molecular flexibility index (Phi) is 4.93. The van der Waals surface area contributed by atoms with Crippen molar-refractivity contribution in [2.75, 3.05) is 0 Å². The third-order valence-corrected chi connectivity index (χ3v) is 4.53. The van der Waals surface area contributed by atoms with Crippen LogP contribution in [-0.2, 0) is 0 Å². The third kappa shape index (κ3) is 3.53. The van der Waals surface area contributed by atoms with Crippen LogP contribution in [0.4, 0.5) is 0 Å². The van der Waals surface area contributed by atoms with Crippen molar-refractivity contribution in [3.63, 3.8) is 0 Å². The quantitative estimate of drug-likeness (QED) is 0.468. The fourth-order valence-electron chi connectivity index (χ4n) is 3.13. The lowest BCUT2D eigenvalue weighted by atomic mass is 10.0. The Labute approximate surface area is 163 Å². The third-order valence-electron chi connectivity index (χ3n) is 4.53. The molecule has 2 aromatic carbocycles. The van der Waals surface area contributed by atoms with Crippen molar-refractivity contribution in [3.05, 3.63) is 97.3 Å². The maximum absolute atomic E-state index is 11.9. The second kappa shape index (κ2) is 7.84. The summed E-state index contributed by atoms with van der Waals surface area (Å²) >= 11 is 0. The number of carbonyl (C=O) groups is 1. The summed E-state index contributed by atoms with van der Waals surface area (Å²) in [4.78, 5) is 11.9. The molecule has 2 aromatic heterocycles. The minimum absolute atomic E-state index is 0.0593. The van der Waals surface area contributed by atoms with E-state index in [4.69, 9.17) is 0 Å². The van der Waals surface area contributed by atoms with Crippen molar-refractivity contribution in [2.45, 2.75) is 6.92 Å². The van der Waals surface area contributed by atoms with Crippen LogP contribution in [0.2, 0.25) is 0 Å². The second-order valence-corrected chi connectivity index (χ2v) is 6.40. The second-order valence-electron chi connectivity index (χ2n) is 6.40. The molecule has 0 atom stereocenters. The van der Waals surface area contributed by atoms with Crippen molar-refractivity contribution in [2.24, 2.45) is 0 Å². The number of hydrogen-bond acceptors (Lipinski definition) is 3. The molecule has 0 saturated carbocycles. The zero-order chi connectivity index (χ0) is 19.3. The lowest BCUT2D eigenvalue weighted by Gasteiger charge is -2.08. The molecule has 0 unspecified atom stereocenters. The van der Waals surface area contributed by atoms with Crippen LogP contribution in [0.3, 0.4) is 0 Å². The van der Waals surface area contributed by atoms with E-state index in [1.165, 1.54) is 6.92 Å². The summed E-state index contributed by atoms with van der Waals surface area (Å²) in [5.74, 6) is -0.0593. The van der Waals surface area contributed by atoms with Gasteiger partial charge in [-0.05, 0) is 12.1 Å². The van der Waals surface area contributed by atoms with Crippen LogP contribution in [0.25, 0.3) is 33.3 Å². The van der Waals surface area contributed by atoms with Gasteiger partial charge in [0.2, 0.25) is 5.91 Å². The van der Waals surface area contributed by atoms with Crippen LogP contribution < -0.4 is 0 Å². The Morgan fingerprint density at radius 1 is 0.643 bits per heavy atom. The highest BCUT2D eigenvalue weighted by atomic mass is 16.1. The van der Waals surface area contributed by atoms with Crippen LogP contribution >= 0.6 is 0 Å². The van der Waals surface area contributed by atoms with Crippen LogP contribution in [-0.4, -0.2) is 20.7 Å². The van der Waals surface area contributed by atoms with Gasteiger partial charge in [0.25, 0.3) is 0 Å². The van der Waals surface area contributed by atoms with E-state index in [0.29, 0.717) is 0 Å². The molecule has 0 bridgehead atoms. The number of hydrogen-bond donors (Lipinski definition) is 0. The minimum Gasteiger partial charge on any atom is -0.295 e. The average Bonchev–Trinajstić information content (AvgIpc) is 2.85. The molecule has 2 heterocycles. The van der Waals surface area contributed by atoms with Gasteiger partial charge in [0.05, 0.1) is 0 Å². The summed E-state index contributed by atoms with van der Waals surface area (Å²) in [6, 6.07) is 27.7. The molecule has 0 amide bonds. The molecule has 0 spiro atoms. The summed E-state index contributed by atoms with van der Waals surface area (Å²) in [5.41, 5.74) is 3.56. The molecular weight excluding hydrogens is 346 g/mol. The number of carbonyl (C=O) groups excluding carboxylic acids is 1. The average molecular weight is 365 g/mol. The fraction of sp³-hybridized carbons (Fsp3) is 0.0417. The molecule has 0 aliphatic rings. The first kappa shape index (κ1) is 17.6. The number of benzene rings is 2. The molecule has 4 rings (SSSR count). The highest BCUT2D eigenvalue weighted by Crippen LogP contribution is 2.31. The molecule has 136 valence electrons. The zero-order valence-electron chi connectivity index (χ0n) is 15.5. The number of rotatable bonds is 2. The Morgan fingerprint density at radius 2 is 1.14 bits per heavy atom. The van der Waals surface area contributed by atoms with Gasteiger partial charge in [-0.25, -0.2) is 0 Å². The summed E-state index contributed by atoms with van der Waals surface area (Å²) in [6.07, 6.45) is 3.51. The highest BCUT2D eigenvalue weighted by molar-refractivity contribution is 6.01. The van der Waals surface area contributed by atoms with E-state index >= 15 is 0 Å². The summed E-state index contributed by atoms with van der Waals surface area (Å²) < 4.78 is 1.55. The van der Waals surface area contributed by atoms with Crippen LogP contribution in [0, 0.1) is 0 Å². The van der Waals surface area contributed by atoms with Gasteiger partial charge in [0, 0.05) is 41.2 Å². The predicted molar refractivity (Wildman–Crippen MR) is 112 cm³/mol. The number of aromatic nitrogens is 3. The molecule has 0 radical (unpaired) electrons. The van der Waals surface area contributed by atoms with Crippen molar-refractivity contribution in [3.8, 4) is 22.5 Å². The van der Waals surface area contributed by atoms with Crippen molar-refractivity contribution in [1.29, 1.82) is 0 Å². The van der Waals surface area contributed by atoms with Gasteiger partial charge in [-0.15, -0.1) is 10.2 Å². The molecular formula is C24H19N3O. The van der Waals surface area contributed by atoms with E-state index in [-0.39, 0.29) is 5.91 Å². The largest absolute Gasteiger partial charge is 0.295 e. The fourth-order valence-corrected chi connectivity index (χ4v) is 3.13. The Morgan fingerprint density at radius 3 is 1.68 bits per heavy atom. The molecule has 4 heteroatoms. The first-order valence-electron chi connectivity index (χ1n) is 9.07. The molecule has 0 fully saturated rings. The molecule has 0 N–H and O–H groups in total. The Bertz CT molecular complexity index is 1180. The van der Waals surface area contributed by atoms with E-state index in [0.717, 1.165) is 33.3 Å². The van der Waals surface area contributed by atoms with E-state index in [9.17, 15) is 4.79 Å². The Hall–Kier alpha value is -3.79. The predicted octanol–water partition coefficient (Wildman–Crippen LogP) is 5.55. The lowest BCUT2D eigenvalue weighted by molar-refractivity contribution is 0.0936. The van der Waals surface area contributed by atoms with Gasteiger partial charge in [-0.2, -0.15) is 0 Å². The molecule has 4 nitrogen and oxygen atoms in total. The van der Waals surface area contributed by atoms with Crippen molar-refractivity contribution >= 4 is 16.7 Å². The van der Waals surface area contributed by atoms with Gasteiger partial charge < -0.3 is 0 Å². The topological polar surface area (TPSA) is 47.8 Å². The van der Waals surface area contributed by atoms with E-state index in [1.807, 2.05) is 84.9 Å². The SMILES string of the molecule is CC(=O)n1ccccc2c(-c3ccccc3)nnc(-c3ccccc3)c2cc1. The molecule has 0 aliphatic carbocycles. The molecule has 4 aromatic rings. The number of nitrogens with zero attached hydrogens (tertiary/aromatic N) is 3. The molecule has 28 heavy (non-hydrogen) atoms. The van der Waals surface area contributed by atoms with Crippen LogP contribution in [0.5, 0.6) is 0 Å². The maximum Gasteiger partial charge on any atom is 0.227 e. The van der Waals surface area contributed by atoms with Gasteiger partial charge >= 0.3 is 0 Å². The first-order valence-corrected chi connectivity index (χ1v) is 9.07.